The molecule has 0 fully saturated rings. The summed E-state index contributed by atoms with van der Waals surface area (Å²) >= 11 is 5.26. The maximum atomic E-state index is 5.26. The van der Waals surface area contributed by atoms with Gasteiger partial charge in [-0.2, -0.15) is 0 Å². The van der Waals surface area contributed by atoms with Crippen molar-refractivity contribution in [2.45, 2.75) is 19.9 Å². The lowest BCUT2D eigenvalue weighted by Gasteiger charge is -2.11. The predicted molar refractivity (Wildman–Crippen MR) is 65.4 cm³/mol. The maximum absolute atomic E-state index is 5.26. The average Bonchev–Trinajstić information content (AvgIpc) is 2.61. The van der Waals surface area contributed by atoms with Gasteiger partial charge >= 0.3 is 0 Å². The minimum absolute atomic E-state index is 0.374. The van der Waals surface area contributed by atoms with Gasteiger partial charge in [0.05, 0.1) is 5.69 Å². The topological polar surface area (TPSA) is 20.7 Å². The van der Waals surface area contributed by atoms with Crippen molar-refractivity contribution < 1.29 is 0 Å². The molecule has 2 aromatic rings. The summed E-state index contributed by atoms with van der Waals surface area (Å²) in [6.07, 6.45) is 1.97. The van der Waals surface area contributed by atoms with Crippen LogP contribution in [-0.4, -0.2) is 9.55 Å². The number of hydrogen-bond acceptors (Lipinski definition) is 1. The number of benzene rings is 1. The Morgan fingerprint density at radius 3 is 2.47 bits per heavy atom. The first kappa shape index (κ1) is 10.2. The number of nitrogens with one attached hydrogen (secondary N) is 1. The van der Waals surface area contributed by atoms with Gasteiger partial charge in [0.1, 0.15) is 0 Å². The largest absolute Gasteiger partial charge is 0.337 e. The molecule has 2 nitrogen and oxygen atoms in total. The van der Waals surface area contributed by atoms with Crippen molar-refractivity contribution in [1.82, 2.24) is 9.55 Å². The Bertz CT molecular complexity index is 494. The maximum Gasteiger partial charge on any atom is 0.177 e. The predicted octanol–water partition coefficient (Wildman–Crippen LogP) is 3.79. The van der Waals surface area contributed by atoms with E-state index in [0.717, 1.165) is 10.5 Å². The molecule has 15 heavy (non-hydrogen) atoms. The number of hydrogen-bond donors (Lipinski definition) is 1. The Labute approximate surface area is 94.6 Å². The van der Waals surface area contributed by atoms with Crippen LogP contribution < -0.4 is 0 Å². The molecular weight excluding hydrogens is 204 g/mol. The van der Waals surface area contributed by atoms with Crippen LogP contribution in [-0.2, 0) is 0 Å². The van der Waals surface area contributed by atoms with Crippen molar-refractivity contribution in [3.05, 3.63) is 41.3 Å². The van der Waals surface area contributed by atoms with E-state index in [9.17, 15) is 0 Å². The number of aromatic amines is 1. The molecule has 0 bridgehead atoms. The molecule has 1 aromatic carbocycles. The molecule has 1 N–H and O–H groups in total. The molecule has 0 spiro atoms. The van der Waals surface area contributed by atoms with E-state index in [1.807, 2.05) is 24.4 Å². The molecular formula is C12H14N2S. The summed E-state index contributed by atoms with van der Waals surface area (Å²) in [6, 6.07) is 10.7. The second-order valence-electron chi connectivity index (χ2n) is 3.81. The molecule has 0 saturated heterocycles. The van der Waals surface area contributed by atoms with Gasteiger partial charge in [-0.1, -0.05) is 30.3 Å². The third kappa shape index (κ3) is 1.88. The molecule has 1 heterocycles. The van der Waals surface area contributed by atoms with E-state index < -0.39 is 0 Å². The molecule has 0 aliphatic rings. The summed E-state index contributed by atoms with van der Waals surface area (Å²) in [5.74, 6) is 0. The van der Waals surface area contributed by atoms with E-state index in [-0.39, 0.29) is 0 Å². The van der Waals surface area contributed by atoms with Crippen LogP contribution in [0.1, 0.15) is 19.9 Å². The first-order chi connectivity index (χ1) is 7.20. The van der Waals surface area contributed by atoms with Gasteiger partial charge in [-0.3, -0.25) is 0 Å². The minimum atomic E-state index is 0.374. The molecule has 0 atom stereocenters. The van der Waals surface area contributed by atoms with E-state index in [2.05, 4.69) is 35.5 Å². The highest BCUT2D eigenvalue weighted by atomic mass is 32.1. The van der Waals surface area contributed by atoms with Crippen molar-refractivity contribution in [3.63, 3.8) is 0 Å². The standard InChI is InChI=1S/C12H14N2S/c1-9(2)14-11(8-13-12(14)15)10-6-4-3-5-7-10/h3-9H,1-2H3,(H,13,15). The zero-order valence-electron chi connectivity index (χ0n) is 8.90. The highest BCUT2D eigenvalue weighted by Gasteiger charge is 2.08. The van der Waals surface area contributed by atoms with Gasteiger partial charge in [0.25, 0.3) is 0 Å². The Balaban J connectivity index is 2.59. The fourth-order valence-corrected chi connectivity index (χ4v) is 2.09. The molecule has 0 amide bonds. The van der Waals surface area contributed by atoms with Crippen LogP contribution in [0.4, 0.5) is 0 Å². The van der Waals surface area contributed by atoms with E-state index >= 15 is 0 Å². The number of rotatable bonds is 2. The molecule has 0 unspecified atom stereocenters. The number of nitrogens with zero attached hydrogens (tertiary/aromatic N) is 1. The number of H-pyrrole nitrogens is 1. The van der Waals surface area contributed by atoms with Crippen molar-refractivity contribution in [1.29, 1.82) is 0 Å². The highest BCUT2D eigenvalue weighted by molar-refractivity contribution is 7.71. The first-order valence-corrected chi connectivity index (χ1v) is 5.46. The summed E-state index contributed by atoms with van der Waals surface area (Å²) in [7, 11) is 0. The third-order valence-electron chi connectivity index (χ3n) is 2.40. The summed E-state index contributed by atoms with van der Waals surface area (Å²) in [5, 5.41) is 0. The van der Waals surface area contributed by atoms with Gasteiger partial charge in [0.15, 0.2) is 4.77 Å². The zero-order chi connectivity index (χ0) is 10.8. The van der Waals surface area contributed by atoms with Gasteiger partial charge in [0.2, 0.25) is 0 Å². The van der Waals surface area contributed by atoms with E-state index in [0.29, 0.717) is 6.04 Å². The molecule has 3 heteroatoms. The quantitative estimate of drug-likeness (QED) is 0.760. The highest BCUT2D eigenvalue weighted by Crippen LogP contribution is 2.22. The summed E-state index contributed by atoms with van der Waals surface area (Å²) < 4.78 is 2.91. The van der Waals surface area contributed by atoms with E-state index in [4.69, 9.17) is 12.2 Å². The Hall–Kier alpha value is -1.35. The molecule has 1 aromatic heterocycles. The Morgan fingerprint density at radius 2 is 1.87 bits per heavy atom. The summed E-state index contributed by atoms with van der Waals surface area (Å²) in [6.45, 7) is 4.27. The third-order valence-corrected chi connectivity index (χ3v) is 2.71. The van der Waals surface area contributed by atoms with Crippen LogP contribution in [0.5, 0.6) is 0 Å². The smallest absolute Gasteiger partial charge is 0.177 e. The Morgan fingerprint density at radius 1 is 1.20 bits per heavy atom. The van der Waals surface area contributed by atoms with Crippen LogP contribution in [0.3, 0.4) is 0 Å². The number of imidazole rings is 1. The van der Waals surface area contributed by atoms with Crippen LogP contribution in [0.25, 0.3) is 11.3 Å². The normalized spacial score (nSPS) is 10.9. The average molecular weight is 218 g/mol. The van der Waals surface area contributed by atoms with Crippen molar-refractivity contribution >= 4 is 12.2 Å². The van der Waals surface area contributed by atoms with Gasteiger partial charge < -0.3 is 9.55 Å². The fraction of sp³-hybridized carbons (Fsp3) is 0.250. The lowest BCUT2D eigenvalue weighted by molar-refractivity contribution is 0.598. The molecule has 0 aliphatic carbocycles. The lowest BCUT2D eigenvalue weighted by Crippen LogP contribution is -2.02. The van der Waals surface area contributed by atoms with Crippen LogP contribution in [0.15, 0.2) is 36.5 Å². The second-order valence-corrected chi connectivity index (χ2v) is 4.20. The summed E-state index contributed by atoms with van der Waals surface area (Å²) in [4.78, 5) is 3.09. The van der Waals surface area contributed by atoms with Gasteiger partial charge in [-0.25, -0.2) is 0 Å². The van der Waals surface area contributed by atoms with Crippen LogP contribution >= 0.6 is 12.2 Å². The van der Waals surface area contributed by atoms with Crippen LogP contribution in [0.2, 0.25) is 0 Å². The monoisotopic (exact) mass is 218 g/mol. The molecule has 0 aliphatic heterocycles. The SMILES string of the molecule is CC(C)n1c(-c2ccccc2)c[nH]c1=S. The second kappa shape index (κ2) is 4.03. The molecule has 0 radical (unpaired) electrons. The van der Waals surface area contributed by atoms with E-state index in [1.165, 1.54) is 5.56 Å². The molecule has 0 saturated carbocycles. The van der Waals surface area contributed by atoms with Gasteiger partial charge in [0, 0.05) is 12.2 Å². The van der Waals surface area contributed by atoms with Crippen molar-refractivity contribution in [2.24, 2.45) is 0 Å². The lowest BCUT2D eigenvalue weighted by atomic mass is 10.1. The van der Waals surface area contributed by atoms with Crippen molar-refractivity contribution in [3.8, 4) is 11.3 Å². The Kier molecular flexibility index (Phi) is 2.73. The first-order valence-electron chi connectivity index (χ1n) is 5.05. The van der Waals surface area contributed by atoms with Crippen molar-refractivity contribution in [2.75, 3.05) is 0 Å². The van der Waals surface area contributed by atoms with Gasteiger partial charge in [-0.15, -0.1) is 0 Å². The summed E-state index contributed by atoms with van der Waals surface area (Å²) in [5.41, 5.74) is 2.34. The minimum Gasteiger partial charge on any atom is -0.337 e. The van der Waals surface area contributed by atoms with Crippen LogP contribution in [0, 0.1) is 4.77 Å². The van der Waals surface area contributed by atoms with E-state index in [1.54, 1.807) is 0 Å². The fourth-order valence-electron chi connectivity index (χ4n) is 1.72. The van der Waals surface area contributed by atoms with Gasteiger partial charge in [-0.05, 0) is 31.6 Å². The number of aromatic nitrogens is 2. The molecule has 78 valence electrons. The molecule has 2 rings (SSSR count). The zero-order valence-corrected chi connectivity index (χ0v) is 9.71.